The van der Waals surface area contributed by atoms with Crippen molar-refractivity contribution in [1.82, 2.24) is 10.6 Å². The molecule has 25 heavy (non-hydrogen) atoms. The van der Waals surface area contributed by atoms with Gasteiger partial charge in [-0.2, -0.15) is 0 Å². The third-order valence-electron chi connectivity index (χ3n) is 4.05. The molecule has 1 heterocycles. The molecule has 2 unspecified atom stereocenters. The Labute approximate surface area is 157 Å². The molecule has 1 fully saturated rings. The van der Waals surface area contributed by atoms with Crippen LogP contribution in [0.5, 0.6) is 5.75 Å². The van der Waals surface area contributed by atoms with E-state index in [1.54, 1.807) is 12.1 Å². The molecule has 9 heteroatoms. The quantitative estimate of drug-likeness (QED) is 0.549. The number of amides is 1. The fourth-order valence-electron chi connectivity index (χ4n) is 2.72. The Kier molecular flexibility index (Phi) is 9.02. The van der Waals surface area contributed by atoms with Crippen LogP contribution in [0.2, 0.25) is 0 Å². The van der Waals surface area contributed by atoms with Gasteiger partial charge in [-0.1, -0.05) is 6.07 Å². The number of benzene rings is 1. The normalized spacial score (nSPS) is 19.6. The summed E-state index contributed by atoms with van der Waals surface area (Å²) in [5.41, 5.74) is 0.746. The lowest BCUT2D eigenvalue weighted by molar-refractivity contribution is -0.385. The Morgan fingerprint density at radius 1 is 1.52 bits per heavy atom. The predicted molar refractivity (Wildman–Crippen MR) is 102 cm³/mol. The van der Waals surface area contributed by atoms with Crippen molar-refractivity contribution in [2.75, 3.05) is 19.4 Å². The number of nitro benzene ring substituents is 1. The molecule has 1 amide bonds. The molecule has 140 valence electrons. The van der Waals surface area contributed by atoms with Gasteiger partial charge in [-0.05, 0) is 37.9 Å². The molecule has 1 aromatic carbocycles. The van der Waals surface area contributed by atoms with E-state index in [9.17, 15) is 14.9 Å². The molecular weight excluding hydrogens is 366 g/mol. The van der Waals surface area contributed by atoms with E-state index in [0.717, 1.165) is 24.9 Å². The molecule has 2 rings (SSSR count). The second-order valence-electron chi connectivity index (χ2n) is 5.82. The summed E-state index contributed by atoms with van der Waals surface area (Å²) in [4.78, 5) is 22.6. The molecule has 0 saturated carbocycles. The summed E-state index contributed by atoms with van der Waals surface area (Å²) in [7, 11) is 1.40. The van der Waals surface area contributed by atoms with E-state index >= 15 is 0 Å². The maximum atomic E-state index is 12.0. The first kappa shape index (κ1) is 21.5. The van der Waals surface area contributed by atoms with Crippen LogP contribution in [-0.2, 0) is 10.5 Å². The number of hydrogen-bond acceptors (Lipinski definition) is 6. The van der Waals surface area contributed by atoms with E-state index in [1.165, 1.54) is 24.9 Å². The summed E-state index contributed by atoms with van der Waals surface area (Å²) in [6, 6.07) is 5.33. The lowest BCUT2D eigenvalue weighted by Crippen LogP contribution is -2.52. The van der Waals surface area contributed by atoms with Crippen molar-refractivity contribution in [3.8, 4) is 5.75 Å². The van der Waals surface area contributed by atoms with Gasteiger partial charge >= 0.3 is 5.69 Å². The number of nitrogens with one attached hydrogen (secondary N) is 2. The van der Waals surface area contributed by atoms with Crippen molar-refractivity contribution in [2.24, 2.45) is 0 Å². The first-order valence-corrected chi connectivity index (χ1v) is 9.08. The Hall–Kier alpha value is -1.51. The average Bonchev–Trinajstić information content (AvgIpc) is 2.56. The van der Waals surface area contributed by atoms with Crippen LogP contribution in [0.3, 0.4) is 0 Å². The number of halogens is 1. The lowest BCUT2D eigenvalue weighted by Gasteiger charge is -2.30. The summed E-state index contributed by atoms with van der Waals surface area (Å²) in [6.07, 6.45) is 2.06. The zero-order valence-electron chi connectivity index (χ0n) is 14.3. The molecule has 0 radical (unpaired) electrons. The van der Waals surface area contributed by atoms with E-state index in [-0.39, 0.29) is 41.8 Å². The smallest absolute Gasteiger partial charge is 0.311 e. The van der Waals surface area contributed by atoms with Crippen molar-refractivity contribution in [3.05, 3.63) is 33.9 Å². The van der Waals surface area contributed by atoms with Gasteiger partial charge in [0.05, 0.1) is 17.8 Å². The number of piperidine rings is 1. The number of thioether (sulfide) groups is 1. The van der Waals surface area contributed by atoms with Crippen molar-refractivity contribution in [1.29, 1.82) is 0 Å². The summed E-state index contributed by atoms with van der Waals surface area (Å²) >= 11 is 1.44. The number of methoxy groups -OCH3 is 1. The number of nitrogens with zero attached hydrogens (tertiary/aromatic N) is 1. The minimum atomic E-state index is -0.461. The largest absolute Gasteiger partial charge is 0.490 e. The van der Waals surface area contributed by atoms with Gasteiger partial charge in [0.25, 0.3) is 0 Å². The first-order valence-electron chi connectivity index (χ1n) is 7.93. The molecule has 1 saturated heterocycles. The first-order chi connectivity index (χ1) is 11.5. The Morgan fingerprint density at radius 3 is 2.92 bits per heavy atom. The highest BCUT2D eigenvalue weighted by atomic mass is 35.5. The van der Waals surface area contributed by atoms with Crippen LogP contribution >= 0.6 is 24.2 Å². The fraction of sp³-hybridized carbons (Fsp3) is 0.562. The molecule has 0 bridgehead atoms. The van der Waals surface area contributed by atoms with Crippen LogP contribution in [0.1, 0.15) is 25.3 Å². The third-order valence-corrected chi connectivity index (χ3v) is 5.05. The number of rotatable bonds is 7. The second-order valence-corrected chi connectivity index (χ2v) is 6.80. The molecule has 2 atom stereocenters. The zero-order valence-corrected chi connectivity index (χ0v) is 16.0. The van der Waals surface area contributed by atoms with E-state index in [1.807, 2.05) is 0 Å². The molecule has 7 nitrogen and oxygen atoms in total. The topological polar surface area (TPSA) is 93.5 Å². The van der Waals surface area contributed by atoms with Crippen LogP contribution in [0, 0.1) is 10.1 Å². The van der Waals surface area contributed by atoms with Crippen LogP contribution in [-0.4, -0.2) is 42.3 Å². The molecule has 0 spiro atoms. The van der Waals surface area contributed by atoms with Gasteiger partial charge < -0.3 is 15.4 Å². The molecule has 1 aliphatic heterocycles. The van der Waals surface area contributed by atoms with E-state index in [4.69, 9.17) is 4.74 Å². The number of ether oxygens (including phenoxy) is 1. The van der Waals surface area contributed by atoms with Crippen LogP contribution in [0.25, 0.3) is 0 Å². The molecule has 0 aromatic heterocycles. The standard InChI is InChI=1S/C16H23N3O4S.ClH/c1-11-13(4-3-7-17-11)18-16(20)10-24-9-12-5-6-15(23-2)14(8-12)19(21)22;/h5-6,8,11,13,17H,3-4,7,9-10H2,1-2H3,(H,18,20);1H. The van der Waals surface area contributed by atoms with Crippen molar-refractivity contribution in [2.45, 2.75) is 37.6 Å². The summed E-state index contributed by atoms with van der Waals surface area (Å²) in [5, 5.41) is 17.4. The number of hydrogen-bond donors (Lipinski definition) is 2. The molecule has 1 aromatic rings. The Bertz CT molecular complexity index is 603. The van der Waals surface area contributed by atoms with Gasteiger partial charge in [-0.25, -0.2) is 0 Å². The second kappa shape index (κ2) is 10.5. The predicted octanol–water partition coefficient (Wildman–Crippen LogP) is 2.52. The minimum absolute atomic E-state index is 0. The van der Waals surface area contributed by atoms with E-state index < -0.39 is 4.92 Å². The summed E-state index contributed by atoms with van der Waals surface area (Å²) in [6.45, 7) is 3.08. The van der Waals surface area contributed by atoms with Gasteiger partial charge in [-0.3, -0.25) is 14.9 Å². The van der Waals surface area contributed by atoms with Gasteiger partial charge in [0, 0.05) is 23.9 Å². The minimum Gasteiger partial charge on any atom is -0.490 e. The molecule has 0 aliphatic carbocycles. The Balaban J connectivity index is 0.00000312. The van der Waals surface area contributed by atoms with Crippen LogP contribution < -0.4 is 15.4 Å². The number of nitro groups is 1. The zero-order chi connectivity index (χ0) is 17.5. The van der Waals surface area contributed by atoms with Crippen LogP contribution in [0.15, 0.2) is 18.2 Å². The van der Waals surface area contributed by atoms with Crippen molar-refractivity contribution in [3.63, 3.8) is 0 Å². The van der Waals surface area contributed by atoms with Gasteiger partial charge in [0.2, 0.25) is 5.91 Å². The fourth-order valence-corrected chi connectivity index (χ4v) is 3.51. The average molecular weight is 390 g/mol. The van der Waals surface area contributed by atoms with Crippen molar-refractivity contribution >= 4 is 35.8 Å². The highest BCUT2D eigenvalue weighted by molar-refractivity contribution is 7.99. The van der Waals surface area contributed by atoms with Gasteiger partial charge in [-0.15, -0.1) is 24.2 Å². The Morgan fingerprint density at radius 2 is 2.28 bits per heavy atom. The number of carbonyl (C=O) groups excluding carboxylic acids is 1. The lowest BCUT2D eigenvalue weighted by atomic mass is 10.00. The van der Waals surface area contributed by atoms with E-state index in [2.05, 4.69) is 17.6 Å². The molecule has 2 N–H and O–H groups in total. The maximum absolute atomic E-state index is 12.0. The van der Waals surface area contributed by atoms with Crippen LogP contribution in [0.4, 0.5) is 5.69 Å². The molecule has 1 aliphatic rings. The highest BCUT2D eigenvalue weighted by Crippen LogP contribution is 2.28. The summed E-state index contributed by atoms with van der Waals surface area (Å²) in [5.74, 6) is 1.12. The molecular formula is C16H24ClN3O4S. The van der Waals surface area contributed by atoms with E-state index in [0.29, 0.717) is 11.5 Å². The number of carbonyl (C=O) groups is 1. The maximum Gasteiger partial charge on any atom is 0.311 e. The van der Waals surface area contributed by atoms with Crippen molar-refractivity contribution < 1.29 is 14.5 Å². The third kappa shape index (κ3) is 6.37. The van der Waals surface area contributed by atoms with Gasteiger partial charge in [0.1, 0.15) is 0 Å². The van der Waals surface area contributed by atoms with Gasteiger partial charge in [0.15, 0.2) is 5.75 Å². The SMILES string of the molecule is COc1ccc(CSCC(=O)NC2CCCNC2C)cc1[N+](=O)[O-].Cl. The summed E-state index contributed by atoms with van der Waals surface area (Å²) < 4.78 is 4.98. The highest BCUT2D eigenvalue weighted by Gasteiger charge is 2.22. The monoisotopic (exact) mass is 389 g/mol.